The maximum Gasteiger partial charge on any atom is 0.284 e. The van der Waals surface area contributed by atoms with Gasteiger partial charge in [-0.15, -0.1) is 0 Å². The predicted octanol–water partition coefficient (Wildman–Crippen LogP) is 3.76. The van der Waals surface area contributed by atoms with Crippen LogP contribution < -0.4 is 0 Å². The third-order valence-corrected chi connectivity index (χ3v) is 4.74. The minimum atomic E-state index is -0.498. The van der Waals surface area contributed by atoms with E-state index in [-0.39, 0.29) is 17.0 Å². The third-order valence-electron chi connectivity index (χ3n) is 3.02. The zero-order chi connectivity index (χ0) is 17.0. The van der Waals surface area contributed by atoms with Crippen LogP contribution in [0.3, 0.4) is 0 Å². The molecule has 23 heavy (non-hydrogen) atoms. The van der Waals surface area contributed by atoms with E-state index in [4.69, 9.17) is 12.2 Å². The van der Waals surface area contributed by atoms with Crippen LogP contribution in [-0.4, -0.2) is 34.0 Å². The maximum absolute atomic E-state index is 12.4. The van der Waals surface area contributed by atoms with Gasteiger partial charge >= 0.3 is 0 Å². The fourth-order valence-electron chi connectivity index (χ4n) is 1.83. The second kappa shape index (κ2) is 7.34. The van der Waals surface area contributed by atoms with Gasteiger partial charge in [0.25, 0.3) is 5.69 Å². The van der Waals surface area contributed by atoms with E-state index in [9.17, 15) is 14.9 Å². The molecule has 0 heterocycles. The van der Waals surface area contributed by atoms with Crippen molar-refractivity contribution in [2.75, 3.05) is 14.1 Å². The second-order valence-electron chi connectivity index (χ2n) is 4.90. The topological polar surface area (TPSA) is 63.5 Å². The number of ketones is 1. The first-order valence-electron chi connectivity index (χ1n) is 6.67. The first-order valence-corrected chi connectivity index (χ1v) is 7.90. The van der Waals surface area contributed by atoms with E-state index in [1.54, 1.807) is 61.5 Å². The SMILES string of the molecule is CN(C)C(=S)Sc1ccc(C(=O)c2ccccc2)cc1[N+](=O)[O-]. The Morgan fingerprint density at radius 1 is 1.13 bits per heavy atom. The largest absolute Gasteiger partial charge is 0.363 e. The lowest BCUT2D eigenvalue weighted by Crippen LogP contribution is -2.16. The number of thioether (sulfide) groups is 1. The summed E-state index contributed by atoms with van der Waals surface area (Å²) in [4.78, 5) is 25.3. The molecule has 0 aliphatic rings. The van der Waals surface area contributed by atoms with Crippen LogP contribution in [-0.2, 0) is 0 Å². The summed E-state index contributed by atoms with van der Waals surface area (Å²) in [6.45, 7) is 0. The highest BCUT2D eigenvalue weighted by Gasteiger charge is 2.20. The molecule has 0 fully saturated rings. The summed E-state index contributed by atoms with van der Waals surface area (Å²) in [6, 6.07) is 13.1. The molecule has 0 saturated heterocycles. The van der Waals surface area contributed by atoms with Crippen molar-refractivity contribution < 1.29 is 9.72 Å². The zero-order valence-electron chi connectivity index (χ0n) is 12.6. The van der Waals surface area contributed by atoms with E-state index >= 15 is 0 Å². The van der Waals surface area contributed by atoms with Crippen molar-refractivity contribution in [3.8, 4) is 0 Å². The Labute approximate surface area is 143 Å². The Balaban J connectivity index is 2.38. The van der Waals surface area contributed by atoms with Gasteiger partial charge in [-0.3, -0.25) is 14.9 Å². The molecule has 0 atom stereocenters. The normalized spacial score (nSPS) is 10.2. The molecule has 0 amide bonds. The summed E-state index contributed by atoms with van der Waals surface area (Å²) in [6.07, 6.45) is 0. The van der Waals surface area contributed by atoms with Crippen molar-refractivity contribution in [2.24, 2.45) is 0 Å². The Kier molecular flexibility index (Phi) is 5.46. The molecular weight excluding hydrogens is 332 g/mol. The fourth-order valence-corrected chi connectivity index (χ4v) is 2.84. The summed E-state index contributed by atoms with van der Waals surface area (Å²) in [5.41, 5.74) is 0.648. The average molecular weight is 346 g/mol. The van der Waals surface area contributed by atoms with Crippen molar-refractivity contribution in [2.45, 2.75) is 4.90 Å². The highest BCUT2D eigenvalue weighted by Crippen LogP contribution is 2.32. The second-order valence-corrected chi connectivity index (χ2v) is 6.57. The molecule has 0 radical (unpaired) electrons. The standard InChI is InChI=1S/C16H14N2O3S2/c1-17(2)16(22)23-14-9-8-12(10-13(14)18(20)21)15(19)11-6-4-3-5-7-11/h3-10H,1-2H3. The zero-order valence-corrected chi connectivity index (χ0v) is 14.2. The minimum absolute atomic E-state index is 0.124. The molecule has 0 aliphatic heterocycles. The van der Waals surface area contributed by atoms with Gasteiger partial charge in [-0.25, -0.2) is 0 Å². The van der Waals surface area contributed by atoms with Crippen LogP contribution in [0.15, 0.2) is 53.4 Å². The lowest BCUT2D eigenvalue weighted by Gasteiger charge is -2.13. The Morgan fingerprint density at radius 3 is 2.35 bits per heavy atom. The van der Waals surface area contributed by atoms with Gasteiger partial charge in [0, 0.05) is 31.3 Å². The molecule has 0 bridgehead atoms. The van der Waals surface area contributed by atoms with Crippen LogP contribution in [0, 0.1) is 10.1 Å². The quantitative estimate of drug-likeness (QED) is 0.276. The molecule has 0 saturated carbocycles. The lowest BCUT2D eigenvalue weighted by molar-refractivity contribution is -0.387. The molecule has 118 valence electrons. The number of hydrogen-bond donors (Lipinski definition) is 0. The molecule has 0 N–H and O–H groups in total. The Bertz CT molecular complexity index is 761. The molecule has 2 aromatic rings. The summed E-state index contributed by atoms with van der Waals surface area (Å²) >= 11 is 6.29. The van der Waals surface area contributed by atoms with E-state index in [0.29, 0.717) is 14.8 Å². The molecule has 0 unspecified atom stereocenters. The highest BCUT2D eigenvalue weighted by atomic mass is 32.2. The number of benzene rings is 2. The average Bonchev–Trinajstić information content (AvgIpc) is 2.55. The lowest BCUT2D eigenvalue weighted by atomic mass is 10.0. The van der Waals surface area contributed by atoms with Gasteiger partial charge in [0.1, 0.15) is 4.32 Å². The molecular formula is C16H14N2O3S2. The molecule has 2 aromatic carbocycles. The van der Waals surface area contributed by atoms with E-state index in [1.807, 2.05) is 0 Å². The van der Waals surface area contributed by atoms with E-state index in [2.05, 4.69) is 0 Å². The number of nitrogens with zero attached hydrogens (tertiary/aromatic N) is 2. The number of hydrogen-bond acceptors (Lipinski definition) is 5. The van der Waals surface area contributed by atoms with Crippen molar-refractivity contribution in [3.05, 3.63) is 69.8 Å². The third kappa shape index (κ3) is 4.14. The number of rotatable bonds is 4. The van der Waals surface area contributed by atoms with E-state index in [0.717, 1.165) is 11.8 Å². The van der Waals surface area contributed by atoms with Crippen molar-refractivity contribution >= 4 is 39.8 Å². The van der Waals surface area contributed by atoms with E-state index < -0.39 is 4.92 Å². The molecule has 7 heteroatoms. The first-order chi connectivity index (χ1) is 10.9. The minimum Gasteiger partial charge on any atom is -0.363 e. The molecule has 0 spiro atoms. The Morgan fingerprint density at radius 2 is 1.78 bits per heavy atom. The summed E-state index contributed by atoms with van der Waals surface area (Å²) in [5.74, 6) is -0.250. The van der Waals surface area contributed by atoms with Crippen LogP contribution in [0.5, 0.6) is 0 Å². The number of carbonyl (C=O) groups is 1. The first kappa shape index (κ1) is 17.1. The van der Waals surface area contributed by atoms with Crippen molar-refractivity contribution in [1.82, 2.24) is 4.90 Å². The van der Waals surface area contributed by atoms with Crippen LogP contribution in [0.2, 0.25) is 0 Å². The van der Waals surface area contributed by atoms with Gasteiger partial charge in [0.05, 0.1) is 9.82 Å². The van der Waals surface area contributed by atoms with Crippen molar-refractivity contribution in [3.63, 3.8) is 0 Å². The fraction of sp³-hybridized carbons (Fsp3) is 0.125. The van der Waals surface area contributed by atoms with Gasteiger partial charge in [-0.2, -0.15) is 0 Å². The molecule has 2 rings (SSSR count). The summed E-state index contributed by atoms with van der Waals surface area (Å²) in [7, 11) is 3.54. The monoisotopic (exact) mass is 346 g/mol. The van der Waals surface area contributed by atoms with Crippen molar-refractivity contribution in [1.29, 1.82) is 0 Å². The van der Waals surface area contributed by atoms with E-state index in [1.165, 1.54) is 6.07 Å². The molecule has 0 aliphatic carbocycles. The number of thiocarbonyl (C=S) groups is 1. The summed E-state index contributed by atoms with van der Waals surface area (Å²) < 4.78 is 0.509. The predicted molar refractivity (Wildman–Crippen MR) is 95.1 cm³/mol. The number of nitro benzene ring substituents is 1. The van der Waals surface area contributed by atoms with Crippen LogP contribution in [0.4, 0.5) is 5.69 Å². The highest BCUT2D eigenvalue weighted by molar-refractivity contribution is 8.23. The van der Waals surface area contributed by atoms with Gasteiger partial charge in [-0.1, -0.05) is 54.3 Å². The smallest absolute Gasteiger partial charge is 0.284 e. The number of carbonyl (C=O) groups excluding carboxylic acids is 1. The van der Waals surface area contributed by atoms with Crippen LogP contribution in [0.1, 0.15) is 15.9 Å². The molecule has 5 nitrogen and oxygen atoms in total. The van der Waals surface area contributed by atoms with Gasteiger partial charge in [0.15, 0.2) is 5.78 Å². The van der Waals surface area contributed by atoms with Crippen LogP contribution >= 0.6 is 24.0 Å². The summed E-state index contributed by atoms with van der Waals surface area (Å²) in [5, 5.41) is 11.3. The number of nitro groups is 1. The van der Waals surface area contributed by atoms with Gasteiger partial charge in [-0.05, 0) is 12.1 Å². The molecule has 0 aromatic heterocycles. The Hall–Kier alpha value is -2.25. The van der Waals surface area contributed by atoms with Gasteiger partial charge in [0.2, 0.25) is 0 Å². The maximum atomic E-state index is 12.4. The van der Waals surface area contributed by atoms with Gasteiger partial charge < -0.3 is 4.90 Å². The van der Waals surface area contributed by atoms with Crippen LogP contribution in [0.25, 0.3) is 0 Å².